The van der Waals surface area contributed by atoms with Crippen LogP contribution in [0.15, 0.2) is 12.4 Å². The quantitative estimate of drug-likeness (QED) is 0.765. The van der Waals surface area contributed by atoms with Gasteiger partial charge in [0.05, 0.1) is 27.0 Å². The number of aromatic nitrogens is 2. The van der Waals surface area contributed by atoms with E-state index < -0.39 is 31.4 Å². The first-order valence-corrected chi connectivity index (χ1v) is 5.56. The summed E-state index contributed by atoms with van der Waals surface area (Å²) in [6, 6.07) is 0. The first kappa shape index (κ1) is 10.1. The van der Waals surface area contributed by atoms with E-state index in [0.29, 0.717) is 5.46 Å². The highest BCUT2D eigenvalue weighted by molar-refractivity contribution is 6.61. The summed E-state index contributed by atoms with van der Waals surface area (Å²) in [5.41, 5.74) is -0.194. The molecular formula is C11H19BN2O3. The topological polar surface area (TPSA) is 56.5 Å². The molecule has 94 valence electrons. The normalized spacial score (nSPS) is 27.5. The van der Waals surface area contributed by atoms with E-state index in [1.165, 1.54) is 10.9 Å². The Labute approximate surface area is 105 Å². The zero-order chi connectivity index (χ0) is 14.4. The Bertz CT molecular complexity index is 449. The average molecular weight is 240 g/mol. The zero-order valence-electron chi connectivity index (χ0n) is 12.5. The third kappa shape index (κ3) is 2.25. The van der Waals surface area contributed by atoms with Gasteiger partial charge in [0.15, 0.2) is 0 Å². The molecule has 1 aromatic rings. The Kier molecular flexibility index (Phi) is 2.45. The van der Waals surface area contributed by atoms with Crippen molar-refractivity contribution >= 4 is 12.6 Å². The zero-order valence-corrected chi connectivity index (χ0v) is 10.5. The van der Waals surface area contributed by atoms with Crippen LogP contribution in [0.1, 0.15) is 30.4 Å². The molecule has 2 heterocycles. The predicted molar refractivity (Wildman–Crippen MR) is 65.0 cm³/mol. The Morgan fingerprint density at radius 1 is 1.41 bits per heavy atom. The molecule has 6 heteroatoms. The van der Waals surface area contributed by atoms with Crippen LogP contribution in [0.4, 0.5) is 0 Å². The lowest BCUT2D eigenvalue weighted by molar-refractivity contribution is 0.00578. The van der Waals surface area contributed by atoms with Crippen molar-refractivity contribution in [3.8, 4) is 0 Å². The highest BCUT2D eigenvalue weighted by Crippen LogP contribution is 2.36. The molecule has 17 heavy (non-hydrogen) atoms. The maximum absolute atomic E-state index is 9.07. The smallest absolute Gasteiger partial charge is 0.399 e. The number of rotatable bonds is 3. The summed E-state index contributed by atoms with van der Waals surface area (Å²) in [7, 11) is -0.547. The molecule has 0 unspecified atom stereocenters. The van der Waals surface area contributed by atoms with Gasteiger partial charge in [0.2, 0.25) is 0 Å². The number of aryl methyl sites for hydroxylation is 1. The first-order valence-electron chi connectivity index (χ1n) is 6.72. The van der Waals surface area contributed by atoms with Crippen molar-refractivity contribution in [2.75, 3.05) is 6.58 Å². The van der Waals surface area contributed by atoms with Crippen molar-refractivity contribution in [2.24, 2.45) is 0 Å². The molecule has 0 amide bonds. The van der Waals surface area contributed by atoms with Gasteiger partial charge in [-0.05, 0) is 27.7 Å². The SMILES string of the molecule is [2H][C@H](O)[C@@H]([2H])n1cc(B2OC(C)(C)C(C)(C)O2)cn1. The molecule has 1 aromatic heterocycles. The number of hydrogen-bond donors (Lipinski definition) is 1. The summed E-state index contributed by atoms with van der Waals surface area (Å²) in [6.45, 7) is 5.13. The Morgan fingerprint density at radius 3 is 2.53 bits per heavy atom. The van der Waals surface area contributed by atoms with Crippen molar-refractivity contribution in [3.05, 3.63) is 12.4 Å². The maximum atomic E-state index is 9.07. The van der Waals surface area contributed by atoms with Gasteiger partial charge < -0.3 is 14.4 Å². The van der Waals surface area contributed by atoms with E-state index in [-0.39, 0.29) is 0 Å². The van der Waals surface area contributed by atoms with Crippen LogP contribution in [0.2, 0.25) is 0 Å². The minimum atomic E-state index is -1.54. The molecule has 2 rings (SSSR count). The van der Waals surface area contributed by atoms with Crippen LogP contribution in [-0.4, -0.2) is 39.8 Å². The number of nitrogens with zero attached hydrogens (tertiary/aromatic N) is 2. The lowest BCUT2D eigenvalue weighted by Crippen LogP contribution is -2.41. The fourth-order valence-electron chi connectivity index (χ4n) is 1.60. The third-order valence-corrected chi connectivity index (χ3v) is 3.37. The van der Waals surface area contributed by atoms with Gasteiger partial charge in [-0.1, -0.05) is 0 Å². The van der Waals surface area contributed by atoms with E-state index in [1.807, 2.05) is 27.7 Å². The highest BCUT2D eigenvalue weighted by atomic mass is 16.7. The summed E-state index contributed by atoms with van der Waals surface area (Å²) in [5.74, 6) is 0. The van der Waals surface area contributed by atoms with E-state index in [1.54, 1.807) is 6.20 Å². The molecule has 1 N–H and O–H groups in total. The highest BCUT2D eigenvalue weighted by Gasteiger charge is 2.52. The minimum absolute atomic E-state index is 0.435. The van der Waals surface area contributed by atoms with Gasteiger partial charge in [-0.25, -0.2) is 0 Å². The summed E-state index contributed by atoms with van der Waals surface area (Å²) >= 11 is 0. The second-order valence-electron chi connectivity index (χ2n) is 5.14. The fraction of sp³-hybridized carbons (Fsp3) is 0.727. The molecule has 1 aliphatic heterocycles. The third-order valence-electron chi connectivity index (χ3n) is 3.37. The Balaban J connectivity index is 2.17. The molecule has 0 bridgehead atoms. The molecule has 5 nitrogen and oxygen atoms in total. The second-order valence-corrected chi connectivity index (χ2v) is 5.14. The van der Waals surface area contributed by atoms with Crippen LogP contribution >= 0.6 is 0 Å². The van der Waals surface area contributed by atoms with E-state index in [0.717, 1.165) is 0 Å². The van der Waals surface area contributed by atoms with Gasteiger partial charge in [-0.2, -0.15) is 5.10 Å². The van der Waals surface area contributed by atoms with E-state index in [9.17, 15) is 0 Å². The van der Waals surface area contributed by atoms with Crippen LogP contribution in [-0.2, 0) is 15.8 Å². The van der Waals surface area contributed by atoms with E-state index in [2.05, 4.69) is 5.10 Å². The average Bonchev–Trinajstić information content (AvgIpc) is 2.81. The fourth-order valence-corrected chi connectivity index (χ4v) is 1.60. The van der Waals surface area contributed by atoms with Crippen molar-refractivity contribution in [3.63, 3.8) is 0 Å². The van der Waals surface area contributed by atoms with Crippen molar-refractivity contribution in [1.29, 1.82) is 0 Å². The van der Waals surface area contributed by atoms with E-state index in [4.69, 9.17) is 17.2 Å². The van der Waals surface area contributed by atoms with Crippen LogP contribution in [0.5, 0.6) is 0 Å². The van der Waals surface area contributed by atoms with Gasteiger partial charge in [0, 0.05) is 17.9 Å². The largest absolute Gasteiger partial charge is 0.498 e. The van der Waals surface area contributed by atoms with Crippen molar-refractivity contribution < 1.29 is 17.2 Å². The number of aliphatic hydroxyl groups is 1. The molecule has 1 saturated heterocycles. The molecule has 2 atom stereocenters. The Hall–Kier alpha value is -0.845. The van der Waals surface area contributed by atoms with Gasteiger partial charge in [0.1, 0.15) is 0 Å². The summed E-state index contributed by atoms with van der Waals surface area (Å²) < 4.78 is 27.6. The summed E-state index contributed by atoms with van der Waals surface area (Å²) in [4.78, 5) is 0. The predicted octanol–water partition coefficient (Wildman–Crippen LogP) is 0.175. The molecule has 1 fully saturated rings. The first-order chi connectivity index (χ1) is 8.64. The molecule has 0 radical (unpaired) electrons. The van der Waals surface area contributed by atoms with Crippen LogP contribution in [0, 0.1) is 0 Å². The van der Waals surface area contributed by atoms with Crippen LogP contribution in [0.25, 0.3) is 0 Å². The van der Waals surface area contributed by atoms with Crippen LogP contribution in [0.3, 0.4) is 0 Å². The second kappa shape index (κ2) is 4.12. The van der Waals surface area contributed by atoms with Crippen molar-refractivity contribution in [1.82, 2.24) is 9.78 Å². The summed E-state index contributed by atoms with van der Waals surface area (Å²) in [5, 5.41) is 13.0. The maximum Gasteiger partial charge on any atom is 0.498 e. The summed E-state index contributed by atoms with van der Waals surface area (Å²) in [6.07, 6.45) is 3.10. The van der Waals surface area contributed by atoms with Crippen LogP contribution < -0.4 is 5.46 Å². The molecule has 0 saturated carbocycles. The Morgan fingerprint density at radius 2 is 2.00 bits per heavy atom. The van der Waals surface area contributed by atoms with Gasteiger partial charge >= 0.3 is 7.12 Å². The molecule has 0 aliphatic carbocycles. The molecule has 1 aliphatic rings. The molecule has 0 spiro atoms. The number of aliphatic hydroxyl groups excluding tert-OH is 1. The monoisotopic (exact) mass is 240 g/mol. The van der Waals surface area contributed by atoms with Gasteiger partial charge in [0.25, 0.3) is 0 Å². The van der Waals surface area contributed by atoms with Gasteiger partial charge in [-0.3, -0.25) is 4.68 Å². The van der Waals surface area contributed by atoms with Crippen molar-refractivity contribution in [2.45, 2.75) is 45.4 Å². The molecular weight excluding hydrogens is 219 g/mol. The lowest BCUT2D eigenvalue weighted by Gasteiger charge is -2.32. The minimum Gasteiger partial charge on any atom is -0.399 e. The lowest BCUT2D eigenvalue weighted by atomic mass is 9.82. The van der Waals surface area contributed by atoms with E-state index >= 15 is 0 Å². The number of hydrogen-bond acceptors (Lipinski definition) is 4. The van der Waals surface area contributed by atoms with Gasteiger partial charge in [-0.15, -0.1) is 0 Å². The standard InChI is InChI=1S/C11H19BN2O3/c1-10(2)11(3,4)17-12(16-10)9-7-13-14(8-9)5-6-15/h7-8,15H,5-6H2,1-4H3/i5D,6D/t5-,6+/m1/s1. The molecule has 0 aromatic carbocycles.